The molecular weight excluding hydrogens is 484 g/mol. The number of piperidine rings is 1. The van der Waals surface area contributed by atoms with Crippen molar-refractivity contribution >= 4 is 29.4 Å². The van der Waals surface area contributed by atoms with Gasteiger partial charge < -0.3 is 36.8 Å². The predicted molar refractivity (Wildman–Crippen MR) is 136 cm³/mol. The van der Waals surface area contributed by atoms with Gasteiger partial charge >= 0.3 is 0 Å². The summed E-state index contributed by atoms with van der Waals surface area (Å²) in [5.74, 6) is -1.95. The van der Waals surface area contributed by atoms with Gasteiger partial charge in [-0.05, 0) is 19.4 Å². The highest BCUT2D eigenvalue weighted by Crippen LogP contribution is 2.33. The number of piperazine rings is 1. The number of anilines is 2. The second-order valence-electron chi connectivity index (χ2n) is 9.21. The molecule has 13 heteroatoms. The van der Waals surface area contributed by atoms with Gasteiger partial charge in [0.15, 0.2) is 11.6 Å². The number of amides is 2. The van der Waals surface area contributed by atoms with E-state index in [0.717, 1.165) is 51.3 Å². The summed E-state index contributed by atoms with van der Waals surface area (Å²) in [5.41, 5.74) is 11.7. The average molecular weight is 518 g/mol. The number of likely N-dealkylation sites (N-methyl/N-ethyl adjacent to an activating group) is 1. The zero-order chi connectivity index (χ0) is 26.5. The number of aliphatic imine (C=N–C) groups is 1. The van der Waals surface area contributed by atoms with Crippen LogP contribution in [0.1, 0.15) is 19.8 Å². The molecule has 37 heavy (non-hydrogen) atoms. The molecule has 0 unspecified atom stereocenters. The van der Waals surface area contributed by atoms with Crippen LogP contribution in [0.5, 0.6) is 0 Å². The third-order valence-corrected chi connectivity index (χ3v) is 6.91. The molecule has 3 aliphatic heterocycles. The lowest BCUT2D eigenvalue weighted by molar-refractivity contribution is -0.138. The molecule has 4 rings (SSSR count). The summed E-state index contributed by atoms with van der Waals surface area (Å²) in [4.78, 5) is 39.9. The van der Waals surface area contributed by atoms with Gasteiger partial charge in [-0.15, -0.1) is 0 Å². The molecule has 200 valence electrons. The summed E-state index contributed by atoms with van der Waals surface area (Å²) in [6, 6.07) is 0. The van der Waals surface area contributed by atoms with E-state index in [-0.39, 0.29) is 34.6 Å². The second-order valence-corrected chi connectivity index (χ2v) is 9.21. The van der Waals surface area contributed by atoms with Crippen molar-refractivity contribution in [2.24, 2.45) is 22.4 Å². The van der Waals surface area contributed by atoms with Gasteiger partial charge in [0.2, 0.25) is 5.91 Å². The maximum absolute atomic E-state index is 15.0. The SMILES string of the molecule is CCN1CCN(C(=O)C2CCN(c3c(F)cncc3NC(=O)/C(=C3\N=CC(F)=CN3)C(N)N)CC2)CC1. The molecule has 0 aliphatic carbocycles. The molecular formula is C24H33F2N9O2. The lowest BCUT2D eigenvalue weighted by atomic mass is 9.94. The molecule has 6 N–H and O–H groups in total. The molecule has 11 nitrogen and oxygen atoms in total. The first-order valence-electron chi connectivity index (χ1n) is 12.4. The lowest BCUT2D eigenvalue weighted by Gasteiger charge is -2.39. The fraction of sp³-hybridized carbons (Fsp3) is 0.500. The highest BCUT2D eigenvalue weighted by atomic mass is 19.1. The third-order valence-electron chi connectivity index (χ3n) is 6.91. The summed E-state index contributed by atoms with van der Waals surface area (Å²) in [5, 5.41) is 5.16. The highest BCUT2D eigenvalue weighted by Gasteiger charge is 2.32. The molecule has 1 aromatic rings. The summed E-state index contributed by atoms with van der Waals surface area (Å²) in [7, 11) is 0. The van der Waals surface area contributed by atoms with E-state index in [1.54, 1.807) is 4.90 Å². The van der Waals surface area contributed by atoms with Crippen molar-refractivity contribution in [3.8, 4) is 0 Å². The molecule has 0 aromatic carbocycles. The quantitative estimate of drug-likeness (QED) is 0.315. The minimum atomic E-state index is -1.24. The van der Waals surface area contributed by atoms with E-state index in [1.807, 2.05) is 4.90 Å². The lowest BCUT2D eigenvalue weighted by Crippen LogP contribution is -2.51. The number of pyridine rings is 1. The van der Waals surface area contributed by atoms with Gasteiger partial charge in [0, 0.05) is 51.4 Å². The van der Waals surface area contributed by atoms with Crippen LogP contribution < -0.4 is 27.0 Å². The molecule has 3 aliphatic rings. The molecule has 4 heterocycles. The standard InChI is InChI=1S/C24H33F2N9O2/c1-2-33-7-9-35(10-8-33)24(37)15-3-5-34(6-4-15)20-17(26)13-29-14-18(20)32-23(36)19(21(27)28)22-30-11-16(25)12-31-22/h11-15,21,30H,2-10,27-28H2,1H3,(H,32,36)/b22-19-. The Labute approximate surface area is 214 Å². The number of hydrogen-bond acceptors (Lipinski definition) is 9. The first-order chi connectivity index (χ1) is 17.8. The maximum atomic E-state index is 15.0. The molecule has 2 amide bonds. The molecule has 0 saturated carbocycles. The largest absolute Gasteiger partial charge is 0.367 e. The molecule has 0 bridgehead atoms. The number of allylic oxidation sites excluding steroid dienone is 1. The minimum absolute atomic E-state index is 0.0149. The third kappa shape index (κ3) is 6.12. The van der Waals surface area contributed by atoms with Crippen molar-refractivity contribution in [2.45, 2.75) is 25.9 Å². The molecule has 0 spiro atoms. The van der Waals surface area contributed by atoms with E-state index in [0.29, 0.717) is 25.9 Å². The Balaban J connectivity index is 1.45. The molecule has 2 fully saturated rings. The van der Waals surface area contributed by atoms with Gasteiger partial charge in [-0.25, -0.2) is 13.8 Å². The Morgan fingerprint density at radius 1 is 1.14 bits per heavy atom. The number of carbonyl (C=O) groups excluding carboxylic acids is 2. The number of halogens is 2. The van der Waals surface area contributed by atoms with E-state index in [4.69, 9.17) is 11.5 Å². The van der Waals surface area contributed by atoms with Crippen molar-refractivity contribution < 1.29 is 18.4 Å². The van der Waals surface area contributed by atoms with Crippen LogP contribution in [0.25, 0.3) is 0 Å². The van der Waals surface area contributed by atoms with Crippen molar-refractivity contribution in [3.05, 3.63) is 41.6 Å². The minimum Gasteiger partial charge on any atom is -0.367 e. The van der Waals surface area contributed by atoms with Crippen LogP contribution in [-0.2, 0) is 9.59 Å². The summed E-state index contributed by atoms with van der Waals surface area (Å²) in [6.07, 6.45) is 4.25. The van der Waals surface area contributed by atoms with E-state index >= 15 is 0 Å². The van der Waals surface area contributed by atoms with Crippen LogP contribution in [0.3, 0.4) is 0 Å². The van der Waals surface area contributed by atoms with Crippen molar-refractivity contribution in [3.63, 3.8) is 0 Å². The molecule has 2 saturated heterocycles. The number of carbonyl (C=O) groups is 2. The Hall–Kier alpha value is -3.42. The Bertz CT molecular complexity index is 1110. The molecule has 0 atom stereocenters. The van der Waals surface area contributed by atoms with Gasteiger partial charge in [0.05, 0.1) is 36.0 Å². The monoisotopic (exact) mass is 517 g/mol. The van der Waals surface area contributed by atoms with Gasteiger partial charge in [0.25, 0.3) is 5.91 Å². The van der Waals surface area contributed by atoms with E-state index < -0.39 is 23.7 Å². The van der Waals surface area contributed by atoms with E-state index in [9.17, 15) is 18.4 Å². The Kier molecular flexibility index (Phi) is 8.46. The maximum Gasteiger partial charge on any atom is 0.258 e. The molecule has 1 aromatic heterocycles. The number of nitrogens with two attached hydrogens (primary N) is 2. The highest BCUT2D eigenvalue weighted by molar-refractivity contribution is 6.06. The van der Waals surface area contributed by atoms with Crippen LogP contribution in [0.4, 0.5) is 20.2 Å². The fourth-order valence-electron chi connectivity index (χ4n) is 4.83. The Morgan fingerprint density at radius 3 is 2.43 bits per heavy atom. The zero-order valence-corrected chi connectivity index (χ0v) is 20.8. The fourth-order valence-corrected chi connectivity index (χ4v) is 4.83. The number of aromatic nitrogens is 1. The molecule has 0 radical (unpaired) electrons. The van der Waals surface area contributed by atoms with E-state index in [1.165, 1.54) is 6.20 Å². The van der Waals surface area contributed by atoms with Gasteiger partial charge in [-0.3, -0.25) is 14.6 Å². The van der Waals surface area contributed by atoms with Crippen LogP contribution >= 0.6 is 0 Å². The number of nitrogens with zero attached hydrogens (tertiary/aromatic N) is 5. The number of hydrogen-bond donors (Lipinski definition) is 4. The Morgan fingerprint density at radius 2 is 1.84 bits per heavy atom. The number of rotatable bonds is 6. The second kappa shape index (κ2) is 11.8. The van der Waals surface area contributed by atoms with Crippen molar-refractivity contribution in [1.82, 2.24) is 20.1 Å². The first-order valence-corrected chi connectivity index (χ1v) is 12.4. The number of nitrogens with one attached hydrogen (secondary N) is 2. The predicted octanol–water partition coefficient (Wildman–Crippen LogP) is 0.480. The smallest absolute Gasteiger partial charge is 0.258 e. The normalized spacial score (nSPS) is 20.5. The van der Waals surface area contributed by atoms with Gasteiger partial charge in [-0.2, -0.15) is 0 Å². The summed E-state index contributed by atoms with van der Waals surface area (Å²) >= 11 is 0. The van der Waals surface area contributed by atoms with Crippen LogP contribution in [-0.4, -0.2) is 84.8 Å². The van der Waals surface area contributed by atoms with Gasteiger partial charge in [-0.1, -0.05) is 6.92 Å². The van der Waals surface area contributed by atoms with Gasteiger partial charge in [0.1, 0.15) is 11.5 Å². The average Bonchev–Trinajstić information content (AvgIpc) is 2.90. The van der Waals surface area contributed by atoms with Crippen LogP contribution in [0.15, 0.2) is 40.8 Å². The van der Waals surface area contributed by atoms with Crippen molar-refractivity contribution in [1.29, 1.82) is 0 Å². The summed E-state index contributed by atoms with van der Waals surface area (Å²) in [6.45, 7) is 7.18. The first kappa shape index (κ1) is 26.6. The summed E-state index contributed by atoms with van der Waals surface area (Å²) < 4.78 is 28.2. The topological polar surface area (TPSA) is 145 Å². The van der Waals surface area contributed by atoms with Crippen LogP contribution in [0.2, 0.25) is 0 Å². The van der Waals surface area contributed by atoms with Crippen molar-refractivity contribution in [2.75, 3.05) is 56.0 Å². The zero-order valence-electron chi connectivity index (χ0n) is 20.8. The van der Waals surface area contributed by atoms with E-state index in [2.05, 4.69) is 32.4 Å². The van der Waals surface area contributed by atoms with Crippen LogP contribution in [0, 0.1) is 11.7 Å².